The number of ether oxygens (including phenoxy) is 2. The highest BCUT2D eigenvalue weighted by atomic mass is 19.1. The van der Waals surface area contributed by atoms with Gasteiger partial charge in [0.15, 0.2) is 5.75 Å². The first kappa shape index (κ1) is 23.0. The molecule has 2 aromatic rings. The molecule has 0 radical (unpaired) electrons. The number of carbonyl (C=O) groups is 1. The van der Waals surface area contributed by atoms with Crippen molar-refractivity contribution in [1.29, 1.82) is 0 Å². The Morgan fingerprint density at radius 3 is 2.85 bits per heavy atom. The van der Waals surface area contributed by atoms with Crippen LogP contribution < -0.4 is 10.1 Å². The summed E-state index contributed by atoms with van der Waals surface area (Å²) in [7, 11) is 1.54. The van der Waals surface area contributed by atoms with Crippen LogP contribution in [0.4, 0.5) is 18.9 Å². The number of hydrogen-bond donors (Lipinski definition) is 1. The van der Waals surface area contributed by atoms with Crippen molar-refractivity contribution in [1.82, 2.24) is 9.97 Å². The lowest BCUT2D eigenvalue weighted by Gasteiger charge is -2.27. The number of nitrogens with zero attached hydrogens (tertiary/aromatic N) is 2. The molecule has 1 N–H and O–H groups in total. The van der Waals surface area contributed by atoms with Crippen molar-refractivity contribution in [2.45, 2.75) is 26.4 Å². The van der Waals surface area contributed by atoms with Crippen molar-refractivity contribution in [3.63, 3.8) is 0 Å². The maximum Gasteiger partial charge on any atom is 0.228 e. The number of halogens is 3. The molecule has 33 heavy (non-hydrogen) atoms. The Labute approximate surface area is 189 Å². The Morgan fingerprint density at radius 2 is 2.12 bits per heavy atom. The minimum Gasteiger partial charge on any atom is -0.489 e. The highest BCUT2D eigenvalue weighted by Crippen LogP contribution is 2.61. The van der Waals surface area contributed by atoms with Gasteiger partial charge in [0.05, 0.1) is 25.1 Å². The van der Waals surface area contributed by atoms with Gasteiger partial charge in [-0.2, -0.15) is 0 Å². The van der Waals surface area contributed by atoms with E-state index in [1.807, 2.05) is 6.08 Å². The van der Waals surface area contributed by atoms with Crippen LogP contribution in [0.1, 0.15) is 24.4 Å². The van der Waals surface area contributed by atoms with E-state index < -0.39 is 28.9 Å². The van der Waals surface area contributed by atoms with Crippen molar-refractivity contribution in [2.75, 3.05) is 19.0 Å². The van der Waals surface area contributed by atoms with Gasteiger partial charge in [-0.25, -0.2) is 23.1 Å². The molecule has 2 aliphatic rings. The van der Waals surface area contributed by atoms with E-state index >= 15 is 0 Å². The zero-order valence-corrected chi connectivity index (χ0v) is 18.3. The lowest BCUT2D eigenvalue weighted by molar-refractivity contribution is -0.118. The number of allylic oxidation sites excluding steroid dienone is 4. The first-order chi connectivity index (χ1) is 15.8. The Kier molecular flexibility index (Phi) is 6.51. The summed E-state index contributed by atoms with van der Waals surface area (Å²) in [5.74, 6) is -2.14. The van der Waals surface area contributed by atoms with Crippen LogP contribution in [-0.2, 0) is 16.1 Å². The van der Waals surface area contributed by atoms with Gasteiger partial charge in [0, 0.05) is 30.9 Å². The van der Waals surface area contributed by atoms with E-state index in [-0.39, 0.29) is 37.1 Å². The number of methoxy groups -OCH3 is 1. The fourth-order valence-corrected chi connectivity index (χ4v) is 4.28. The molecule has 1 amide bonds. The summed E-state index contributed by atoms with van der Waals surface area (Å²) in [6.45, 7) is 2.09. The lowest BCUT2D eigenvalue weighted by atomic mass is 9.82. The molecule has 9 heteroatoms. The van der Waals surface area contributed by atoms with Crippen LogP contribution in [0.5, 0.6) is 5.75 Å². The normalized spacial score (nSPS) is 23.7. The second-order valence-electron chi connectivity index (χ2n) is 8.36. The van der Waals surface area contributed by atoms with E-state index in [1.165, 1.54) is 12.1 Å². The van der Waals surface area contributed by atoms with E-state index in [0.717, 1.165) is 6.07 Å². The number of rotatable bonds is 8. The van der Waals surface area contributed by atoms with Crippen molar-refractivity contribution < 1.29 is 27.4 Å². The molecule has 174 valence electrons. The predicted molar refractivity (Wildman–Crippen MR) is 115 cm³/mol. The van der Waals surface area contributed by atoms with Crippen molar-refractivity contribution in [3.8, 4) is 5.75 Å². The summed E-state index contributed by atoms with van der Waals surface area (Å²) in [5.41, 5.74) is -0.235. The SMILES string of the molecule is COCc1nc(C)ncc1OC[C@@]1(C2C=CC=C(F)C2)C[C@H]1C(=O)Nc1ccc(F)cc1F. The number of hydrogen-bond acceptors (Lipinski definition) is 5. The zero-order valence-electron chi connectivity index (χ0n) is 18.3. The van der Waals surface area contributed by atoms with Crippen LogP contribution in [-0.4, -0.2) is 29.6 Å². The number of amides is 1. The maximum atomic E-state index is 14.1. The molecule has 1 saturated carbocycles. The molecule has 1 aromatic carbocycles. The molecule has 2 aliphatic carbocycles. The number of nitrogens with one attached hydrogen (secondary N) is 1. The smallest absolute Gasteiger partial charge is 0.228 e. The summed E-state index contributed by atoms with van der Waals surface area (Å²) < 4.78 is 52.5. The van der Waals surface area contributed by atoms with Crippen molar-refractivity contribution in [3.05, 3.63) is 71.6 Å². The number of aryl methyl sites for hydroxylation is 1. The number of benzene rings is 1. The van der Waals surface area contributed by atoms with Crippen LogP contribution in [0.3, 0.4) is 0 Å². The first-order valence-electron chi connectivity index (χ1n) is 10.6. The molecular weight excluding hydrogens is 435 g/mol. The van der Waals surface area contributed by atoms with Crippen LogP contribution >= 0.6 is 0 Å². The van der Waals surface area contributed by atoms with E-state index in [9.17, 15) is 18.0 Å². The van der Waals surface area contributed by atoms with Gasteiger partial charge in [0.25, 0.3) is 0 Å². The summed E-state index contributed by atoms with van der Waals surface area (Å²) in [6, 6.07) is 2.95. The second kappa shape index (κ2) is 9.35. The molecule has 0 bridgehead atoms. The Bertz CT molecular complexity index is 1120. The lowest BCUT2D eigenvalue weighted by Crippen LogP contribution is -2.30. The minimum atomic E-state index is -0.863. The van der Waals surface area contributed by atoms with Gasteiger partial charge >= 0.3 is 0 Å². The molecule has 4 rings (SSSR count). The van der Waals surface area contributed by atoms with Crippen LogP contribution in [0.15, 0.2) is 48.5 Å². The summed E-state index contributed by atoms with van der Waals surface area (Å²) in [6.07, 6.45) is 7.00. The quantitative estimate of drug-likeness (QED) is 0.622. The highest BCUT2D eigenvalue weighted by Gasteiger charge is 2.62. The number of anilines is 1. The highest BCUT2D eigenvalue weighted by molar-refractivity contribution is 5.95. The van der Waals surface area contributed by atoms with Crippen molar-refractivity contribution >= 4 is 11.6 Å². The zero-order chi connectivity index (χ0) is 23.6. The summed E-state index contributed by atoms with van der Waals surface area (Å²) in [5, 5.41) is 2.53. The van der Waals surface area contributed by atoms with Gasteiger partial charge in [0.2, 0.25) is 5.91 Å². The molecule has 1 unspecified atom stereocenters. The average molecular weight is 459 g/mol. The van der Waals surface area contributed by atoms with Gasteiger partial charge in [-0.3, -0.25) is 4.79 Å². The van der Waals surface area contributed by atoms with Crippen molar-refractivity contribution in [2.24, 2.45) is 17.3 Å². The van der Waals surface area contributed by atoms with Gasteiger partial charge in [0.1, 0.15) is 29.0 Å². The van der Waals surface area contributed by atoms with Crippen LogP contribution in [0.2, 0.25) is 0 Å². The largest absolute Gasteiger partial charge is 0.489 e. The first-order valence-corrected chi connectivity index (χ1v) is 10.6. The number of carbonyl (C=O) groups excluding carboxylic acids is 1. The van der Waals surface area contributed by atoms with Gasteiger partial charge < -0.3 is 14.8 Å². The molecule has 6 nitrogen and oxygen atoms in total. The van der Waals surface area contributed by atoms with Gasteiger partial charge in [-0.1, -0.05) is 12.2 Å². The molecule has 1 aromatic heterocycles. The predicted octanol–water partition coefficient (Wildman–Crippen LogP) is 4.66. The standard InChI is InChI=1S/C24H24F3N3O3/c1-14-28-11-22(21(29-14)12-32-2)33-13-24(15-4-3-5-16(25)8-15)10-18(24)23(31)30-20-7-6-17(26)9-19(20)27/h3-7,9,11,15,18H,8,10,12-13H2,1-2H3,(H,30,31)/t15?,18-,24+/m0/s1. The van der Waals surface area contributed by atoms with E-state index in [2.05, 4.69) is 15.3 Å². The van der Waals surface area contributed by atoms with Gasteiger partial charge in [-0.05, 0) is 37.5 Å². The molecule has 3 atom stereocenters. The summed E-state index contributed by atoms with van der Waals surface area (Å²) >= 11 is 0. The summed E-state index contributed by atoms with van der Waals surface area (Å²) in [4.78, 5) is 21.5. The van der Waals surface area contributed by atoms with E-state index in [4.69, 9.17) is 9.47 Å². The van der Waals surface area contributed by atoms with Gasteiger partial charge in [-0.15, -0.1) is 0 Å². The van der Waals surface area contributed by atoms with E-state index in [1.54, 1.807) is 26.3 Å². The Hall–Kier alpha value is -3.20. The monoisotopic (exact) mass is 459 g/mol. The van der Waals surface area contributed by atoms with Crippen LogP contribution in [0.25, 0.3) is 0 Å². The fraction of sp³-hybridized carbons (Fsp3) is 0.375. The fourth-order valence-electron chi connectivity index (χ4n) is 4.28. The Morgan fingerprint density at radius 1 is 1.30 bits per heavy atom. The third-order valence-electron chi connectivity index (χ3n) is 6.12. The number of aromatic nitrogens is 2. The second-order valence-corrected chi connectivity index (χ2v) is 8.36. The molecule has 0 saturated heterocycles. The topological polar surface area (TPSA) is 73.3 Å². The molecule has 1 fully saturated rings. The minimum absolute atomic E-state index is 0.109. The third-order valence-corrected chi connectivity index (χ3v) is 6.12. The average Bonchev–Trinajstić information content (AvgIpc) is 3.51. The van der Waals surface area contributed by atoms with Crippen LogP contribution in [0, 0.1) is 35.8 Å². The Balaban J connectivity index is 1.54. The van der Waals surface area contributed by atoms with E-state index in [0.29, 0.717) is 29.8 Å². The maximum absolute atomic E-state index is 14.1. The molecule has 0 spiro atoms. The molecule has 1 heterocycles. The molecule has 0 aliphatic heterocycles. The third kappa shape index (κ3) is 4.93. The molecular formula is C24H24F3N3O3.